The highest BCUT2D eigenvalue weighted by Crippen LogP contribution is 2.38. The number of carbonyl (C=O) groups excluding carboxylic acids is 2. The van der Waals surface area contributed by atoms with E-state index in [2.05, 4.69) is 32.9 Å². The number of rotatable bonds is 16. The van der Waals surface area contributed by atoms with E-state index in [1.807, 2.05) is 18.7 Å². The van der Waals surface area contributed by atoms with Crippen LogP contribution in [0.4, 0.5) is 4.79 Å². The van der Waals surface area contributed by atoms with E-state index in [-0.39, 0.29) is 17.5 Å². The third-order valence-corrected chi connectivity index (χ3v) is 6.45. The fraction of sp³-hybridized carbons (Fsp3) is 0.895. The number of thioether (sulfide) groups is 1. The number of ether oxygens (including phenoxy) is 2. The molecule has 3 amide bonds. The topological polar surface area (TPSA) is 137 Å². The lowest BCUT2D eigenvalue weighted by molar-refractivity contribution is -0.121. The molecule has 11 heteroatoms. The van der Waals surface area contributed by atoms with E-state index in [0.29, 0.717) is 57.7 Å². The summed E-state index contributed by atoms with van der Waals surface area (Å²) in [6, 6.07) is -0.103. The van der Waals surface area contributed by atoms with Crippen LogP contribution in [0, 0.1) is 0 Å². The van der Waals surface area contributed by atoms with Gasteiger partial charge in [0, 0.05) is 36.2 Å². The quantitative estimate of drug-likeness (QED) is 0.145. The number of carbonyl (C=O) groups is 2. The molecule has 1 aliphatic heterocycles. The molecule has 0 aromatic carbocycles. The minimum Gasteiger partial charge on any atom is -0.379 e. The summed E-state index contributed by atoms with van der Waals surface area (Å²) in [5.41, 5.74) is 7.94. The summed E-state index contributed by atoms with van der Waals surface area (Å²) < 4.78 is 10.6. The molecule has 1 rings (SSSR count). The van der Waals surface area contributed by atoms with Gasteiger partial charge in [-0.1, -0.05) is 11.5 Å². The first kappa shape index (κ1) is 26.4. The van der Waals surface area contributed by atoms with Crippen molar-refractivity contribution in [3.63, 3.8) is 0 Å². The number of nitrogens with one attached hydrogen (secondary N) is 3. The fourth-order valence-corrected chi connectivity index (χ4v) is 4.91. The zero-order valence-electron chi connectivity index (χ0n) is 18.2. The Kier molecular flexibility index (Phi) is 14.1. The monoisotopic (exact) mass is 444 g/mol. The Bertz CT molecular complexity index is 561. The normalized spacial score (nSPS) is 20.4. The number of azide groups is 1. The molecule has 172 valence electrons. The van der Waals surface area contributed by atoms with Crippen LogP contribution in [0.3, 0.4) is 0 Å². The second-order valence-corrected chi connectivity index (χ2v) is 8.60. The predicted molar refractivity (Wildman–Crippen MR) is 119 cm³/mol. The second kappa shape index (κ2) is 16.1. The Balaban J connectivity index is 2.03. The molecule has 1 aliphatic rings. The van der Waals surface area contributed by atoms with Crippen LogP contribution in [0.15, 0.2) is 5.11 Å². The lowest BCUT2D eigenvalue weighted by Gasteiger charge is -2.32. The van der Waals surface area contributed by atoms with Crippen molar-refractivity contribution in [3.05, 3.63) is 10.4 Å². The molecule has 3 N–H and O–H groups in total. The Morgan fingerprint density at radius 1 is 1.20 bits per heavy atom. The summed E-state index contributed by atoms with van der Waals surface area (Å²) in [6.45, 7) is 7.12. The Hall–Kier alpha value is -1.68. The summed E-state index contributed by atoms with van der Waals surface area (Å²) in [5, 5.41) is 12.5. The maximum Gasteiger partial charge on any atom is 0.315 e. The maximum absolute atomic E-state index is 11.9. The van der Waals surface area contributed by atoms with E-state index in [0.717, 1.165) is 31.4 Å². The number of amides is 3. The van der Waals surface area contributed by atoms with Gasteiger partial charge in [0.25, 0.3) is 0 Å². The van der Waals surface area contributed by atoms with Gasteiger partial charge < -0.3 is 25.4 Å². The minimum atomic E-state index is -0.184. The summed E-state index contributed by atoms with van der Waals surface area (Å²) >= 11 is 1.91. The standard InChI is InChI=1S/C19H36N6O4S/c1-3-21-18(27)24-19(2)8-15-30-16(19)6-4-5-7-17(26)22-9-11-28-13-14-29-12-10-23-25-20/h16H,3-15H2,1-2H3,(H,22,26)(H2,21,24,27)/t16-,19-/m0/s1. The van der Waals surface area contributed by atoms with Gasteiger partial charge >= 0.3 is 6.03 Å². The highest BCUT2D eigenvalue weighted by molar-refractivity contribution is 8.00. The van der Waals surface area contributed by atoms with Crippen LogP contribution in [0.2, 0.25) is 0 Å². The Morgan fingerprint density at radius 3 is 2.70 bits per heavy atom. The van der Waals surface area contributed by atoms with Crippen LogP contribution < -0.4 is 16.0 Å². The summed E-state index contributed by atoms with van der Waals surface area (Å²) in [4.78, 5) is 26.4. The van der Waals surface area contributed by atoms with Gasteiger partial charge in [-0.15, -0.1) is 0 Å². The minimum absolute atomic E-state index is 0.0338. The molecule has 1 heterocycles. The molecule has 0 radical (unpaired) electrons. The van der Waals surface area contributed by atoms with Crippen molar-refractivity contribution in [2.45, 2.75) is 56.7 Å². The van der Waals surface area contributed by atoms with Crippen LogP contribution in [0.25, 0.3) is 10.4 Å². The van der Waals surface area contributed by atoms with E-state index in [1.54, 1.807) is 0 Å². The molecule has 0 bridgehead atoms. The molecule has 30 heavy (non-hydrogen) atoms. The van der Waals surface area contributed by atoms with Gasteiger partial charge in [-0.25, -0.2) is 4.79 Å². The van der Waals surface area contributed by atoms with E-state index in [1.165, 1.54) is 0 Å². The van der Waals surface area contributed by atoms with Gasteiger partial charge in [0.15, 0.2) is 0 Å². The molecule has 2 atom stereocenters. The average Bonchev–Trinajstić information content (AvgIpc) is 3.06. The molecular formula is C19H36N6O4S. The van der Waals surface area contributed by atoms with Gasteiger partial charge in [0.1, 0.15) is 0 Å². The fourth-order valence-electron chi connectivity index (χ4n) is 3.21. The first-order valence-electron chi connectivity index (χ1n) is 10.6. The first-order chi connectivity index (χ1) is 14.5. The lowest BCUT2D eigenvalue weighted by Crippen LogP contribution is -2.54. The van der Waals surface area contributed by atoms with Crippen molar-refractivity contribution >= 4 is 23.7 Å². The van der Waals surface area contributed by atoms with Gasteiger partial charge in [0.05, 0.1) is 32.0 Å². The van der Waals surface area contributed by atoms with Crippen LogP contribution >= 0.6 is 11.8 Å². The van der Waals surface area contributed by atoms with Crippen molar-refractivity contribution in [2.75, 3.05) is 51.8 Å². The molecule has 10 nitrogen and oxygen atoms in total. The summed E-state index contributed by atoms with van der Waals surface area (Å²) in [7, 11) is 0. The first-order valence-corrected chi connectivity index (χ1v) is 11.7. The molecular weight excluding hydrogens is 408 g/mol. The number of urea groups is 1. The third-order valence-electron chi connectivity index (χ3n) is 4.85. The molecule has 0 aromatic rings. The highest BCUT2D eigenvalue weighted by atomic mass is 32.2. The van der Waals surface area contributed by atoms with Crippen LogP contribution in [-0.4, -0.2) is 74.5 Å². The van der Waals surface area contributed by atoms with Crippen LogP contribution in [0.5, 0.6) is 0 Å². The van der Waals surface area contributed by atoms with E-state index >= 15 is 0 Å². The summed E-state index contributed by atoms with van der Waals surface area (Å²) in [5.74, 6) is 1.08. The Morgan fingerprint density at radius 2 is 1.97 bits per heavy atom. The van der Waals surface area contributed by atoms with Crippen LogP contribution in [-0.2, 0) is 14.3 Å². The van der Waals surface area contributed by atoms with Gasteiger partial charge in [-0.05, 0) is 44.4 Å². The SMILES string of the molecule is CCNC(=O)N[C@@]1(C)CCS[C@H]1CCCCC(=O)NCCOCCOCCN=[N+]=[N-]. The summed E-state index contributed by atoms with van der Waals surface area (Å²) in [6.07, 6.45) is 4.25. The number of nitrogens with zero attached hydrogens (tertiary/aromatic N) is 3. The van der Waals surface area contributed by atoms with Crippen molar-refractivity contribution in [1.82, 2.24) is 16.0 Å². The van der Waals surface area contributed by atoms with Crippen molar-refractivity contribution < 1.29 is 19.1 Å². The van der Waals surface area contributed by atoms with Crippen molar-refractivity contribution in [2.24, 2.45) is 5.11 Å². The van der Waals surface area contributed by atoms with E-state index < -0.39 is 0 Å². The zero-order chi connectivity index (χ0) is 22.1. The molecule has 1 saturated heterocycles. The highest BCUT2D eigenvalue weighted by Gasteiger charge is 2.40. The average molecular weight is 445 g/mol. The molecule has 0 saturated carbocycles. The molecule has 0 aromatic heterocycles. The van der Waals surface area contributed by atoms with Crippen LogP contribution in [0.1, 0.15) is 46.0 Å². The largest absolute Gasteiger partial charge is 0.379 e. The van der Waals surface area contributed by atoms with Crippen molar-refractivity contribution in [3.8, 4) is 0 Å². The molecule has 0 spiro atoms. The van der Waals surface area contributed by atoms with Gasteiger partial charge in [0.2, 0.25) is 5.91 Å². The van der Waals surface area contributed by atoms with Gasteiger partial charge in [-0.2, -0.15) is 11.8 Å². The second-order valence-electron chi connectivity index (χ2n) is 7.29. The number of hydrogen-bond acceptors (Lipinski definition) is 6. The Labute approximate surface area is 183 Å². The smallest absolute Gasteiger partial charge is 0.315 e. The van der Waals surface area contributed by atoms with E-state index in [4.69, 9.17) is 15.0 Å². The predicted octanol–water partition coefficient (Wildman–Crippen LogP) is 2.59. The van der Waals surface area contributed by atoms with Crippen molar-refractivity contribution in [1.29, 1.82) is 0 Å². The molecule has 0 aliphatic carbocycles. The zero-order valence-corrected chi connectivity index (χ0v) is 19.0. The molecule has 0 unspecified atom stereocenters. The van der Waals surface area contributed by atoms with Gasteiger partial charge in [-0.3, -0.25) is 4.79 Å². The third kappa shape index (κ3) is 11.5. The number of hydrogen-bond donors (Lipinski definition) is 3. The molecule has 1 fully saturated rings. The van der Waals surface area contributed by atoms with E-state index in [9.17, 15) is 9.59 Å². The number of unbranched alkanes of at least 4 members (excludes halogenated alkanes) is 1. The lowest BCUT2D eigenvalue weighted by atomic mass is 9.91. The maximum atomic E-state index is 11.9.